The van der Waals surface area contributed by atoms with Gasteiger partial charge in [-0.15, -0.1) is 11.8 Å². The van der Waals surface area contributed by atoms with Gasteiger partial charge in [-0.25, -0.2) is 0 Å². The van der Waals surface area contributed by atoms with Crippen molar-refractivity contribution in [3.63, 3.8) is 0 Å². The summed E-state index contributed by atoms with van der Waals surface area (Å²) in [5, 5.41) is 0.625. The third-order valence-corrected chi connectivity index (χ3v) is 5.41. The summed E-state index contributed by atoms with van der Waals surface area (Å²) in [5.74, 6) is 2.24. The Labute approximate surface area is 116 Å². The van der Waals surface area contributed by atoms with Crippen LogP contribution in [-0.4, -0.2) is 17.6 Å². The zero-order valence-corrected chi connectivity index (χ0v) is 12.0. The molecule has 0 aliphatic carbocycles. The number of hydrogen-bond donors (Lipinski definition) is 0. The molecule has 1 aromatic carbocycles. The van der Waals surface area contributed by atoms with Gasteiger partial charge >= 0.3 is 0 Å². The second-order valence-electron chi connectivity index (χ2n) is 5.14. The zero-order chi connectivity index (χ0) is 12.9. The third kappa shape index (κ3) is 1.76. The minimum atomic E-state index is 0.0226. The van der Waals surface area contributed by atoms with Crippen molar-refractivity contribution in [2.45, 2.75) is 31.3 Å². The molecule has 3 rings (SSSR count). The molecule has 1 atom stereocenters. The fourth-order valence-corrected chi connectivity index (χ4v) is 4.28. The first-order valence-corrected chi connectivity index (χ1v) is 7.65. The Bertz CT molecular complexity index is 525. The van der Waals surface area contributed by atoms with Gasteiger partial charge in [0.25, 0.3) is 0 Å². The van der Waals surface area contributed by atoms with E-state index in [0.717, 1.165) is 29.1 Å². The summed E-state index contributed by atoms with van der Waals surface area (Å²) in [6.45, 7) is 4.87. The molecule has 0 saturated carbocycles. The van der Waals surface area contributed by atoms with Crippen LogP contribution in [0, 0.1) is 5.92 Å². The van der Waals surface area contributed by atoms with E-state index in [4.69, 9.17) is 16.3 Å². The first kappa shape index (κ1) is 12.4. The summed E-state index contributed by atoms with van der Waals surface area (Å²) < 4.78 is 5.67. The molecule has 0 saturated heterocycles. The fraction of sp³-hybridized carbons (Fsp3) is 0.500. The van der Waals surface area contributed by atoms with Crippen molar-refractivity contribution in [3.8, 4) is 5.75 Å². The van der Waals surface area contributed by atoms with Crippen molar-refractivity contribution in [1.82, 2.24) is 0 Å². The predicted octanol–water partition coefficient (Wildman–Crippen LogP) is 3.73. The van der Waals surface area contributed by atoms with Crippen molar-refractivity contribution in [1.29, 1.82) is 0 Å². The Kier molecular flexibility index (Phi) is 3.07. The van der Waals surface area contributed by atoms with Gasteiger partial charge in [-0.05, 0) is 17.5 Å². The highest BCUT2D eigenvalue weighted by Crippen LogP contribution is 2.44. The third-order valence-electron chi connectivity index (χ3n) is 3.54. The van der Waals surface area contributed by atoms with Gasteiger partial charge in [0.15, 0.2) is 5.78 Å². The average Bonchev–Trinajstić information content (AvgIpc) is 2.76. The molecule has 2 nitrogen and oxygen atoms in total. The molecule has 0 N–H and O–H groups in total. The van der Waals surface area contributed by atoms with Gasteiger partial charge < -0.3 is 4.74 Å². The number of benzene rings is 1. The molecule has 0 spiro atoms. The fourth-order valence-electron chi connectivity index (χ4n) is 2.66. The summed E-state index contributed by atoms with van der Waals surface area (Å²) in [4.78, 5) is 12.5. The van der Waals surface area contributed by atoms with Crippen molar-refractivity contribution in [3.05, 3.63) is 27.8 Å². The molecule has 2 aliphatic rings. The van der Waals surface area contributed by atoms with Crippen LogP contribution in [0.25, 0.3) is 0 Å². The number of halogens is 1. The van der Waals surface area contributed by atoms with Crippen molar-refractivity contribution < 1.29 is 9.53 Å². The van der Waals surface area contributed by atoms with Crippen molar-refractivity contribution in [2.75, 3.05) is 6.61 Å². The monoisotopic (exact) mass is 282 g/mol. The van der Waals surface area contributed by atoms with Gasteiger partial charge in [-0.2, -0.15) is 0 Å². The molecule has 1 aromatic rings. The molecule has 2 aliphatic heterocycles. The van der Waals surface area contributed by atoms with Gasteiger partial charge in [-0.1, -0.05) is 25.4 Å². The van der Waals surface area contributed by atoms with E-state index in [0.29, 0.717) is 23.1 Å². The molecule has 96 valence electrons. The molecule has 0 radical (unpaired) electrons. The van der Waals surface area contributed by atoms with Crippen LogP contribution in [0.3, 0.4) is 0 Å². The van der Waals surface area contributed by atoms with Gasteiger partial charge in [0.1, 0.15) is 5.75 Å². The van der Waals surface area contributed by atoms with Crippen LogP contribution in [-0.2, 0) is 12.2 Å². The smallest absolute Gasteiger partial charge is 0.178 e. The molecule has 0 fully saturated rings. The Balaban J connectivity index is 2.14. The number of ketones is 1. The van der Waals surface area contributed by atoms with Crippen LogP contribution in [0.2, 0.25) is 5.02 Å². The first-order valence-electron chi connectivity index (χ1n) is 6.22. The number of Topliss-reactive ketones (excluding diaryl/α,β-unsaturated/α-hetero) is 1. The number of fused-ring (bicyclic) bond motifs is 3. The van der Waals surface area contributed by atoms with Gasteiger partial charge in [0.05, 0.1) is 16.9 Å². The standard InChI is InChI=1S/C14H15ClO2S/c1-7(2)14-12(16)11-9(6-18-14)13-8(3-4-17-13)5-10(11)15/h5,7,14H,3-4,6H2,1-2H3. The van der Waals surface area contributed by atoms with E-state index < -0.39 is 0 Å². The van der Waals surface area contributed by atoms with Crippen LogP contribution in [0.4, 0.5) is 0 Å². The summed E-state index contributed by atoms with van der Waals surface area (Å²) in [6, 6.07) is 1.91. The Hall–Kier alpha value is -0.670. The zero-order valence-electron chi connectivity index (χ0n) is 10.5. The SMILES string of the molecule is CC(C)C1SCc2c3c(cc(Cl)c2C1=O)CCO3. The van der Waals surface area contributed by atoms with Crippen LogP contribution >= 0.6 is 23.4 Å². The lowest BCUT2D eigenvalue weighted by Gasteiger charge is -2.27. The van der Waals surface area contributed by atoms with Crippen molar-refractivity contribution in [2.24, 2.45) is 5.92 Å². The highest BCUT2D eigenvalue weighted by Gasteiger charge is 2.35. The highest BCUT2D eigenvalue weighted by atomic mass is 35.5. The molecular formula is C14H15ClO2S. The van der Waals surface area contributed by atoms with Crippen LogP contribution < -0.4 is 4.74 Å². The lowest BCUT2D eigenvalue weighted by molar-refractivity contribution is 0.0972. The van der Waals surface area contributed by atoms with E-state index in [1.165, 1.54) is 0 Å². The number of thioether (sulfide) groups is 1. The number of ether oxygens (including phenoxy) is 1. The molecule has 2 heterocycles. The quantitative estimate of drug-likeness (QED) is 0.785. The Morgan fingerprint density at radius 3 is 3.00 bits per heavy atom. The lowest BCUT2D eigenvalue weighted by atomic mass is 9.94. The summed E-state index contributed by atoms with van der Waals surface area (Å²) in [7, 11) is 0. The van der Waals surface area contributed by atoms with E-state index in [1.807, 2.05) is 6.07 Å². The largest absolute Gasteiger partial charge is 0.493 e. The van der Waals surface area contributed by atoms with Crippen LogP contribution in [0.5, 0.6) is 5.75 Å². The Morgan fingerprint density at radius 2 is 2.28 bits per heavy atom. The molecule has 18 heavy (non-hydrogen) atoms. The number of hydrogen-bond acceptors (Lipinski definition) is 3. The summed E-state index contributed by atoms with van der Waals surface area (Å²) >= 11 is 8.01. The number of rotatable bonds is 1. The normalized spacial score (nSPS) is 21.8. The summed E-state index contributed by atoms with van der Waals surface area (Å²) in [6.07, 6.45) is 0.898. The van der Waals surface area contributed by atoms with Gasteiger partial charge in [-0.3, -0.25) is 4.79 Å². The minimum absolute atomic E-state index is 0.0226. The molecule has 0 bridgehead atoms. The maximum absolute atomic E-state index is 12.5. The van der Waals surface area contributed by atoms with E-state index in [9.17, 15) is 4.79 Å². The second-order valence-corrected chi connectivity index (χ2v) is 6.68. The molecule has 4 heteroatoms. The minimum Gasteiger partial charge on any atom is -0.493 e. The topological polar surface area (TPSA) is 26.3 Å². The van der Waals surface area contributed by atoms with E-state index in [-0.39, 0.29) is 11.0 Å². The number of carbonyl (C=O) groups excluding carboxylic acids is 1. The highest BCUT2D eigenvalue weighted by molar-refractivity contribution is 8.00. The maximum atomic E-state index is 12.5. The van der Waals surface area contributed by atoms with Crippen LogP contribution in [0.1, 0.15) is 35.3 Å². The molecule has 0 amide bonds. The number of carbonyl (C=O) groups is 1. The van der Waals surface area contributed by atoms with E-state index >= 15 is 0 Å². The predicted molar refractivity (Wildman–Crippen MR) is 74.9 cm³/mol. The van der Waals surface area contributed by atoms with Crippen LogP contribution in [0.15, 0.2) is 6.07 Å². The second kappa shape index (κ2) is 4.46. The van der Waals surface area contributed by atoms with Gasteiger partial charge in [0, 0.05) is 23.3 Å². The van der Waals surface area contributed by atoms with Crippen molar-refractivity contribution >= 4 is 29.1 Å². The summed E-state index contributed by atoms with van der Waals surface area (Å²) in [5.41, 5.74) is 2.87. The van der Waals surface area contributed by atoms with E-state index in [2.05, 4.69) is 13.8 Å². The maximum Gasteiger partial charge on any atom is 0.178 e. The average molecular weight is 283 g/mol. The Morgan fingerprint density at radius 1 is 1.50 bits per heavy atom. The first-order chi connectivity index (χ1) is 8.59. The molecule has 1 unspecified atom stereocenters. The lowest BCUT2D eigenvalue weighted by Crippen LogP contribution is -2.28. The van der Waals surface area contributed by atoms with Gasteiger partial charge in [0.2, 0.25) is 0 Å². The van der Waals surface area contributed by atoms with E-state index in [1.54, 1.807) is 11.8 Å². The molecular weight excluding hydrogens is 268 g/mol. The molecule has 0 aromatic heterocycles.